The molecule has 3 heteroatoms. The Morgan fingerprint density at radius 3 is 2.92 bits per heavy atom. The molecular weight excluding hydrogens is 150 g/mol. The smallest absolute Gasteiger partial charge is 0.118 e. The number of nitrogens with two attached hydrogens (primary N) is 1. The van der Waals surface area contributed by atoms with Gasteiger partial charge in [0.25, 0.3) is 0 Å². The van der Waals surface area contributed by atoms with Crippen molar-refractivity contribution in [3.63, 3.8) is 0 Å². The number of aromatic nitrogens is 2. The molecule has 0 aliphatic rings. The van der Waals surface area contributed by atoms with Crippen molar-refractivity contribution in [1.29, 1.82) is 0 Å². The van der Waals surface area contributed by atoms with Gasteiger partial charge in [-0.3, -0.25) is 4.68 Å². The standard InChI is InChI=1S/C9H17N3/c1-4-5-12-9(7-10-3)6-8(2)11-12/h6,10H,4-5,7H2,1-3H3/p+1. The zero-order valence-electron chi connectivity index (χ0n) is 8.17. The maximum Gasteiger partial charge on any atom is 0.118 e. The highest BCUT2D eigenvalue weighted by atomic mass is 15.3. The minimum atomic E-state index is 1.03. The number of nitrogens with zero attached hydrogens (tertiary/aromatic N) is 2. The van der Waals surface area contributed by atoms with Crippen LogP contribution in [0.4, 0.5) is 0 Å². The molecule has 0 radical (unpaired) electrons. The van der Waals surface area contributed by atoms with E-state index in [2.05, 4.69) is 35.1 Å². The maximum absolute atomic E-state index is 4.42. The van der Waals surface area contributed by atoms with Crippen LogP contribution in [-0.2, 0) is 13.1 Å². The summed E-state index contributed by atoms with van der Waals surface area (Å²) in [5.74, 6) is 0. The number of rotatable bonds is 4. The first kappa shape index (κ1) is 9.26. The lowest BCUT2D eigenvalue weighted by molar-refractivity contribution is -0.644. The first-order chi connectivity index (χ1) is 5.77. The third kappa shape index (κ3) is 2.08. The van der Waals surface area contributed by atoms with E-state index in [1.54, 1.807) is 0 Å². The van der Waals surface area contributed by atoms with E-state index in [0.717, 1.165) is 25.2 Å². The average Bonchev–Trinajstić information content (AvgIpc) is 2.33. The van der Waals surface area contributed by atoms with E-state index in [4.69, 9.17) is 0 Å². The number of hydrogen-bond donors (Lipinski definition) is 1. The van der Waals surface area contributed by atoms with Gasteiger partial charge in [-0.2, -0.15) is 5.10 Å². The van der Waals surface area contributed by atoms with Gasteiger partial charge in [-0.1, -0.05) is 6.92 Å². The minimum absolute atomic E-state index is 1.03. The first-order valence-electron chi connectivity index (χ1n) is 4.59. The third-order valence-electron chi connectivity index (χ3n) is 1.83. The van der Waals surface area contributed by atoms with Gasteiger partial charge in [-0.05, 0) is 19.4 Å². The minimum Gasteiger partial charge on any atom is -0.344 e. The van der Waals surface area contributed by atoms with Crippen LogP contribution in [0.2, 0.25) is 0 Å². The SMILES string of the molecule is CCCn1nc(C)cc1C[NH2+]C. The van der Waals surface area contributed by atoms with E-state index in [9.17, 15) is 0 Å². The van der Waals surface area contributed by atoms with Crippen LogP contribution in [0.1, 0.15) is 24.7 Å². The van der Waals surface area contributed by atoms with Crippen LogP contribution in [0.5, 0.6) is 0 Å². The molecule has 0 bridgehead atoms. The second kappa shape index (κ2) is 4.26. The van der Waals surface area contributed by atoms with Crippen molar-refractivity contribution in [2.45, 2.75) is 33.4 Å². The predicted octanol–water partition coefficient (Wildman–Crippen LogP) is 0.295. The molecule has 0 amide bonds. The fourth-order valence-corrected chi connectivity index (χ4v) is 1.38. The molecule has 2 N–H and O–H groups in total. The van der Waals surface area contributed by atoms with Crippen molar-refractivity contribution in [2.75, 3.05) is 7.05 Å². The van der Waals surface area contributed by atoms with Crippen LogP contribution in [0, 0.1) is 6.92 Å². The summed E-state index contributed by atoms with van der Waals surface area (Å²) in [7, 11) is 2.08. The molecule has 0 fully saturated rings. The lowest BCUT2D eigenvalue weighted by Crippen LogP contribution is -2.78. The zero-order valence-corrected chi connectivity index (χ0v) is 8.17. The van der Waals surface area contributed by atoms with E-state index >= 15 is 0 Å². The summed E-state index contributed by atoms with van der Waals surface area (Å²) in [6, 6.07) is 2.16. The summed E-state index contributed by atoms with van der Waals surface area (Å²) in [4.78, 5) is 0. The molecule has 0 aliphatic carbocycles. The molecule has 1 aromatic rings. The number of aryl methyl sites for hydroxylation is 2. The molecule has 68 valence electrons. The normalized spacial score (nSPS) is 10.6. The van der Waals surface area contributed by atoms with Crippen molar-refractivity contribution >= 4 is 0 Å². The Hall–Kier alpha value is -0.830. The summed E-state index contributed by atoms with van der Waals surface area (Å²) in [6.07, 6.45) is 1.15. The molecule has 0 saturated carbocycles. The average molecular weight is 168 g/mol. The van der Waals surface area contributed by atoms with Crippen LogP contribution in [0.15, 0.2) is 6.07 Å². The first-order valence-corrected chi connectivity index (χ1v) is 4.59. The van der Waals surface area contributed by atoms with E-state index in [-0.39, 0.29) is 0 Å². The highest BCUT2D eigenvalue weighted by molar-refractivity contribution is 5.07. The van der Waals surface area contributed by atoms with Gasteiger partial charge in [-0.15, -0.1) is 0 Å². The fourth-order valence-electron chi connectivity index (χ4n) is 1.38. The number of quaternary nitrogens is 1. The lowest BCUT2D eigenvalue weighted by atomic mass is 10.3. The zero-order chi connectivity index (χ0) is 8.97. The van der Waals surface area contributed by atoms with Crippen LogP contribution in [0.25, 0.3) is 0 Å². The van der Waals surface area contributed by atoms with Gasteiger partial charge < -0.3 is 5.32 Å². The van der Waals surface area contributed by atoms with Crippen LogP contribution in [0.3, 0.4) is 0 Å². The summed E-state index contributed by atoms with van der Waals surface area (Å²) in [5, 5.41) is 6.58. The Kier molecular flexibility index (Phi) is 3.29. The molecule has 0 aliphatic heterocycles. The summed E-state index contributed by atoms with van der Waals surface area (Å²) >= 11 is 0. The molecule has 3 nitrogen and oxygen atoms in total. The monoisotopic (exact) mass is 168 g/mol. The quantitative estimate of drug-likeness (QED) is 0.689. The molecule has 1 rings (SSSR count). The second-order valence-corrected chi connectivity index (χ2v) is 3.11. The Bertz CT molecular complexity index is 216. The van der Waals surface area contributed by atoms with Crippen LogP contribution in [-0.4, -0.2) is 16.8 Å². The summed E-state index contributed by atoms with van der Waals surface area (Å²) < 4.78 is 2.11. The molecular formula is C9H18N3+. The molecule has 0 spiro atoms. The molecule has 0 atom stereocenters. The van der Waals surface area contributed by atoms with Crippen LogP contribution >= 0.6 is 0 Å². The molecule has 12 heavy (non-hydrogen) atoms. The van der Waals surface area contributed by atoms with E-state index in [0.29, 0.717) is 0 Å². The van der Waals surface area contributed by atoms with Gasteiger partial charge in [0.1, 0.15) is 6.54 Å². The predicted molar refractivity (Wildman–Crippen MR) is 48.8 cm³/mol. The largest absolute Gasteiger partial charge is 0.344 e. The Morgan fingerprint density at radius 1 is 1.58 bits per heavy atom. The van der Waals surface area contributed by atoms with E-state index in [1.165, 1.54) is 5.69 Å². The Balaban J connectivity index is 2.76. The maximum atomic E-state index is 4.42. The van der Waals surface area contributed by atoms with Crippen molar-refractivity contribution < 1.29 is 5.32 Å². The van der Waals surface area contributed by atoms with Gasteiger partial charge in [-0.25, -0.2) is 0 Å². The topological polar surface area (TPSA) is 34.4 Å². The van der Waals surface area contributed by atoms with Crippen molar-refractivity contribution in [3.8, 4) is 0 Å². The second-order valence-electron chi connectivity index (χ2n) is 3.11. The molecule has 1 aromatic heterocycles. The van der Waals surface area contributed by atoms with Gasteiger partial charge in [0, 0.05) is 6.54 Å². The molecule has 0 unspecified atom stereocenters. The Labute approximate surface area is 73.8 Å². The summed E-state index contributed by atoms with van der Waals surface area (Å²) in [6.45, 7) is 6.29. The molecule has 1 heterocycles. The van der Waals surface area contributed by atoms with Gasteiger partial charge in [0.2, 0.25) is 0 Å². The lowest BCUT2D eigenvalue weighted by Gasteiger charge is -2.02. The third-order valence-corrected chi connectivity index (χ3v) is 1.83. The number of hydrogen-bond acceptors (Lipinski definition) is 1. The van der Waals surface area contributed by atoms with E-state index in [1.807, 2.05) is 6.92 Å². The van der Waals surface area contributed by atoms with Crippen molar-refractivity contribution in [3.05, 3.63) is 17.5 Å². The van der Waals surface area contributed by atoms with Crippen molar-refractivity contribution in [2.24, 2.45) is 0 Å². The van der Waals surface area contributed by atoms with Gasteiger partial charge in [0.15, 0.2) is 0 Å². The van der Waals surface area contributed by atoms with Crippen LogP contribution < -0.4 is 5.32 Å². The van der Waals surface area contributed by atoms with Gasteiger partial charge in [0.05, 0.1) is 18.4 Å². The molecule has 0 saturated heterocycles. The van der Waals surface area contributed by atoms with Gasteiger partial charge >= 0.3 is 0 Å². The van der Waals surface area contributed by atoms with E-state index < -0.39 is 0 Å². The highest BCUT2D eigenvalue weighted by Gasteiger charge is 2.04. The summed E-state index contributed by atoms with van der Waals surface area (Å²) in [5.41, 5.74) is 2.46. The van der Waals surface area contributed by atoms with Crippen molar-refractivity contribution in [1.82, 2.24) is 9.78 Å². The highest BCUT2D eigenvalue weighted by Crippen LogP contribution is 2.02. The molecule has 0 aromatic carbocycles. The Morgan fingerprint density at radius 2 is 2.33 bits per heavy atom. The fraction of sp³-hybridized carbons (Fsp3) is 0.667.